The Morgan fingerprint density at radius 3 is 2.37 bits per heavy atom. The van der Waals surface area contributed by atoms with Crippen molar-refractivity contribution in [1.82, 2.24) is 0 Å². The molecular formula is C17H26O2. The van der Waals surface area contributed by atoms with Crippen molar-refractivity contribution in [1.29, 1.82) is 0 Å². The average molecular weight is 262 g/mol. The number of ketones is 1. The number of unbranched alkanes of at least 4 members (excludes halogenated alkanes) is 4. The predicted octanol–water partition coefficient (Wildman–Crippen LogP) is 4.86. The number of benzene rings is 1. The standard InChI is InChI=1S/C17H26O2/c1-5-6-7-8-9-10-16(18)15-11-14(3)17(19-4)12-13(15)2/h11-12H,5-10H2,1-4H3. The first kappa shape index (κ1) is 15.7. The van der Waals surface area contributed by atoms with E-state index in [-0.39, 0.29) is 5.78 Å². The van der Waals surface area contributed by atoms with Crippen LogP contribution in [0.4, 0.5) is 0 Å². The Hall–Kier alpha value is -1.31. The summed E-state index contributed by atoms with van der Waals surface area (Å²) >= 11 is 0. The Morgan fingerprint density at radius 2 is 1.74 bits per heavy atom. The summed E-state index contributed by atoms with van der Waals surface area (Å²) in [5, 5.41) is 0. The monoisotopic (exact) mass is 262 g/mol. The molecule has 1 rings (SSSR count). The third-order valence-corrected chi connectivity index (χ3v) is 3.55. The van der Waals surface area contributed by atoms with Crippen molar-refractivity contribution in [3.8, 4) is 5.75 Å². The van der Waals surface area contributed by atoms with Crippen LogP contribution in [-0.4, -0.2) is 12.9 Å². The van der Waals surface area contributed by atoms with Crippen LogP contribution in [0.25, 0.3) is 0 Å². The Balaban J connectivity index is 2.59. The van der Waals surface area contributed by atoms with Crippen LogP contribution in [0.1, 0.15) is 66.9 Å². The van der Waals surface area contributed by atoms with Gasteiger partial charge in [-0.05, 0) is 43.5 Å². The third kappa shape index (κ3) is 4.70. The topological polar surface area (TPSA) is 26.3 Å². The van der Waals surface area contributed by atoms with E-state index in [0.717, 1.165) is 35.3 Å². The molecule has 0 spiro atoms. The lowest BCUT2D eigenvalue weighted by Crippen LogP contribution is -2.03. The van der Waals surface area contributed by atoms with Crippen LogP contribution in [0.15, 0.2) is 12.1 Å². The van der Waals surface area contributed by atoms with Crippen LogP contribution in [0, 0.1) is 13.8 Å². The molecule has 1 aromatic carbocycles. The van der Waals surface area contributed by atoms with E-state index in [2.05, 4.69) is 6.92 Å². The van der Waals surface area contributed by atoms with E-state index in [1.807, 2.05) is 26.0 Å². The second-order valence-electron chi connectivity index (χ2n) is 5.22. The summed E-state index contributed by atoms with van der Waals surface area (Å²) in [6.45, 7) is 6.16. The largest absolute Gasteiger partial charge is 0.496 e. The molecule has 0 heterocycles. The zero-order valence-corrected chi connectivity index (χ0v) is 12.7. The zero-order chi connectivity index (χ0) is 14.3. The van der Waals surface area contributed by atoms with Gasteiger partial charge in [0.1, 0.15) is 5.75 Å². The highest BCUT2D eigenvalue weighted by atomic mass is 16.5. The van der Waals surface area contributed by atoms with Crippen molar-refractivity contribution in [2.75, 3.05) is 7.11 Å². The highest BCUT2D eigenvalue weighted by Crippen LogP contribution is 2.24. The molecule has 2 heteroatoms. The maximum Gasteiger partial charge on any atom is 0.163 e. The van der Waals surface area contributed by atoms with Gasteiger partial charge < -0.3 is 4.74 Å². The molecule has 0 fully saturated rings. The fourth-order valence-corrected chi connectivity index (χ4v) is 2.33. The Bertz CT molecular complexity index is 422. The number of hydrogen-bond acceptors (Lipinski definition) is 2. The van der Waals surface area contributed by atoms with Gasteiger partial charge in [-0.25, -0.2) is 0 Å². The lowest BCUT2D eigenvalue weighted by atomic mass is 9.97. The van der Waals surface area contributed by atoms with Gasteiger partial charge in [-0.1, -0.05) is 32.6 Å². The molecule has 1 aromatic rings. The van der Waals surface area contributed by atoms with Gasteiger partial charge in [-0.2, -0.15) is 0 Å². The molecule has 0 aromatic heterocycles. The first-order valence-electron chi connectivity index (χ1n) is 7.28. The molecule has 0 N–H and O–H groups in total. The molecule has 0 amide bonds. The molecule has 0 atom stereocenters. The van der Waals surface area contributed by atoms with Gasteiger partial charge in [0.05, 0.1) is 7.11 Å². The van der Waals surface area contributed by atoms with E-state index in [9.17, 15) is 4.79 Å². The first-order valence-corrected chi connectivity index (χ1v) is 7.28. The smallest absolute Gasteiger partial charge is 0.163 e. The number of hydrogen-bond donors (Lipinski definition) is 0. The van der Waals surface area contributed by atoms with Crippen molar-refractivity contribution in [3.63, 3.8) is 0 Å². The van der Waals surface area contributed by atoms with E-state index in [1.165, 1.54) is 19.3 Å². The van der Waals surface area contributed by atoms with Gasteiger partial charge in [0, 0.05) is 12.0 Å². The highest BCUT2D eigenvalue weighted by Gasteiger charge is 2.11. The Morgan fingerprint density at radius 1 is 1.05 bits per heavy atom. The fourth-order valence-electron chi connectivity index (χ4n) is 2.33. The normalized spacial score (nSPS) is 10.5. The summed E-state index contributed by atoms with van der Waals surface area (Å²) in [5.41, 5.74) is 2.90. The minimum Gasteiger partial charge on any atom is -0.496 e. The van der Waals surface area contributed by atoms with E-state index in [0.29, 0.717) is 6.42 Å². The molecule has 0 bridgehead atoms. The minimum absolute atomic E-state index is 0.264. The molecule has 0 unspecified atom stereocenters. The van der Waals surface area contributed by atoms with Gasteiger partial charge in [0.25, 0.3) is 0 Å². The molecule has 0 aliphatic carbocycles. The van der Waals surface area contributed by atoms with E-state index in [4.69, 9.17) is 4.74 Å². The summed E-state index contributed by atoms with van der Waals surface area (Å²) in [5.74, 6) is 1.12. The number of methoxy groups -OCH3 is 1. The summed E-state index contributed by atoms with van der Waals surface area (Å²) < 4.78 is 5.27. The molecular weight excluding hydrogens is 236 g/mol. The summed E-state index contributed by atoms with van der Waals surface area (Å²) in [4.78, 5) is 12.2. The van der Waals surface area contributed by atoms with E-state index in [1.54, 1.807) is 7.11 Å². The van der Waals surface area contributed by atoms with Crippen LogP contribution in [-0.2, 0) is 0 Å². The van der Waals surface area contributed by atoms with Crippen molar-refractivity contribution in [2.24, 2.45) is 0 Å². The second-order valence-corrected chi connectivity index (χ2v) is 5.22. The van der Waals surface area contributed by atoms with Crippen molar-refractivity contribution in [3.05, 3.63) is 28.8 Å². The van der Waals surface area contributed by atoms with E-state index >= 15 is 0 Å². The quantitative estimate of drug-likeness (QED) is 0.494. The molecule has 0 radical (unpaired) electrons. The van der Waals surface area contributed by atoms with Crippen LogP contribution < -0.4 is 4.74 Å². The molecule has 0 saturated carbocycles. The molecule has 106 valence electrons. The van der Waals surface area contributed by atoms with Crippen molar-refractivity contribution >= 4 is 5.78 Å². The number of aryl methyl sites for hydroxylation is 2. The van der Waals surface area contributed by atoms with Crippen LogP contribution in [0.5, 0.6) is 5.75 Å². The average Bonchev–Trinajstić information content (AvgIpc) is 2.40. The zero-order valence-electron chi connectivity index (χ0n) is 12.7. The predicted molar refractivity (Wildman–Crippen MR) is 80.2 cm³/mol. The van der Waals surface area contributed by atoms with Crippen LogP contribution >= 0.6 is 0 Å². The van der Waals surface area contributed by atoms with Gasteiger partial charge in [0.15, 0.2) is 5.78 Å². The molecule has 0 saturated heterocycles. The maximum absolute atomic E-state index is 12.2. The van der Waals surface area contributed by atoms with Crippen molar-refractivity contribution in [2.45, 2.75) is 59.3 Å². The third-order valence-electron chi connectivity index (χ3n) is 3.55. The Labute approximate surface area is 117 Å². The second kappa shape index (κ2) is 7.98. The van der Waals surface area contributed by atoms with Gasteiger partial charge in [-0.3, -0.25) is 4.79 Å². The molecule has 19 heavy (non-hydrogen) atoms. The van der Waals surface area contributed by atoms with Gasteiger partial charge >= 0.3 is 0 Å². The number of Topliss-reactive ketones (excluding diaryl/α,β-unsaturated/α-hetero) is 1. The fraction of sp³-hybridized carbons (Fsp3) is 0.588. The van der Waals surface area contributed by atoms with Crippen molar-refractivity contribution < 1.29 is 9.53 Å². The summed E-state index contributed by atoms with van der Waals surface area (Å²) in [7, 11) is 1.66. The minimum atomic E-state index is 0.264. The Kier molecular flexibility index (Phi) is 6.61. The lowest BCUT2D eigenvalue weighted by Gasteiger charge is -2.10. The summed E-state index contributed by atoms with van der Waals surface area (Å²) in [6, 6.07) is 3.92. The SMILES string of the molecule is CCCCCCCC(=O)c1cc(C)c(OC)cc1C. The van der Waals surface area contributed by atoms with E-state index < -0.39 is 0 Å². The highest BCUT2D eigenvalue weighted by molar-refractivity contribution is 5.97. The first-order chi connectivity index (χ1) is 9.10. The number of carbonyl (C=O) groups is 1. The molecule has 0 aliphatic rings. The van der Waals surface area contributed by atoms with Gasteiger partial charge in [0.2, 0.25) is 0 Å². The summed E-state index contributed by atoms with van der Waals surface area (Å²) in [6.07, 6.45) is 6.58. The molecule has 0 aliphatic heterocycles. The number of carbonyl (C=O) groups excluding carboxylic acids is 1. The number of ether oxygens (including phenoxy) is 1. The maximum atomic E-state index is 12.2. The van der Waals surface area contributed by atoms with Gasteiger partial charge in [-0.15, -0.1) is 0 Å². The number of rotatable bonds is 8. The lowest BCUT2D eigenvalue weighted by molar-refractivity contribution is 0.0978. The van der Waals surface area contributed by atoms with Crippen LogP contribution in [0.2, 0.25) is 0 Å². The molecule has 2 nitrogen and oxygen atoms in total. The van der Waals surface area contributed by atoms with Crippen LogP contribution in [0.3, 0.4) is 0 Å².